The van der Waals surface area contributed by atoms with Crippen molar-refractivity contribution in [3.05, 3.63) is 57.6 Å². The Hall–Kier alpha value is -2.04. The molecule has 36 heavy (non-hydrogen) atoms. The van der Waals surface area contributed by atoms with E-state index in [9.17, 15) is 18.3 Å². The molecule has 0 fully saturated rings. The second kappa shape index (κ2) is 12.0. The van der Waals surface area contributed by atoms with Crippen molar-refractivity contribution >= 4 is 44.8 Å². The number of carbonyl (C=O) groups is 1. The highest BCUT2D eigenvalue weighted by molar-refractivity contribution is 7.92. The van der Waals surface area contributed by atoms with E-state index in [1.54, 1.807) is 36.1 Å². The zero-order chi connectivity index (χ0) is 26.6. The maximum atomic E-state index is 13.2. The van der Waals surface area contributed by atoms with Crippen LogP contribution in [0.2, 0.25) is 10.0 Å². The standard InChI is InChI=1S/C25H33Cl2N3O5S/c1-16-12-30(17(2)15-31)25(32)11-19-10-20(28-36(4,33)34)6-8-23(19)35-24(16)14-29(3)13-18-5-7-21(26)22(27)9-18/h5-10,16-17,24,28,31H,11-15H2,1-4H3/t16-,17+,24-/m0/s1. The quantitative estimate of drug-likeness (QED) is 0.514. The van der Waals surface area contributed by atoms with E-state index in [-0.39, 0.29) is 37.0 Å². The number of aliphatic hydroxyl groups excluding tert-OH is 1. The van der Waals surface area contributed by atoms with Crippen molar-refractivity contribution in [2.24, 2.45) is 5.92 Å². The van der Waals surface area contributed by atoms with Crippen LogP contribution in [0.3, 0.4) is 0 Å². The lowest BCUT2D eigenvalue weighted by atomic mass is 10.0. The Bertz CT molecular complexity index is 1190. The van der Waals surface area contributed by atoms with Gasteiger partial charge in [0.15, 0.2) is 0 Å². The zero-order valence-corrected chi connectivity index (χ0v) is 23.2. The van der Waals surface area contributed by atoms with Crippen LogP contribution in [-0.4, -0.2) is 74.4 Å². The number of likely N-dealkylation sites (N-methyl/N-ethyl adjacent to an activating group) is 1. The summed E-state index contributed by atoms with van der Waals surface area (Å²) in [6.07, 6.45) is 0.810. The van der Waals surface area contributed by atoms with Crippen LogP contribution in [0.1, 0.15) is 25.0 Å². The molecule has 198 valence electrons. The van der Waals surface area contributed by atoms with Crippen molar-refractivity contribution in [3.8, 4) is 5.75 Å². The molecule has 1 amide bonds. The van der Waals surface area contributed by atoms with Gasteiger partial charge in [0.25, 0.3) is 0 Å². The molecule has 0 radical (unpaired) electrons. The summed E-state index contributed by atoms with van der Waals surface area (Å²) in [4.78, 5) is 17.0. The van der Waals surface area contributed by atoms with Gasteiger partial charge < -0.3 is 14.7 Å². The number of anilines is 1. The Balaban J connectivity index is 1.91. The lowest BCUT2D eigenvalue weighted by Gasteiger charge is -2.34. The number of hydrogen-bond acceptors (Lipinski definition) is 6. The monoisotopic (exact) mass is 557 g/mol. The fourth-order valence-corrected chi connectivity index (χ4v) is 5.12. The second-order valence-corrected chi connectivity index (χ2v) is 12.1. The third-order valence-electron chi connectivity index (χ3n) is 6.15. The average molecular weight is 559 g/mol. The number of nitrogens with one attached hydrogen (secondary N) is 1. The molecule has 3 atom stereocenters. The molecule has 0 unspecified atom stereocenters. The Kier molecular flexibility index (Phi) is 9.51. The highest BCUT2D eigenvalue weighted by atomic mass is 35.5. The van der Waals surface area contributed by atoms with E-state index in [1.165, 1.54) is 0 Å². The van der Waals surface area contributed by atoms with Gasteiger partial charge in [0.2, 0.25) is 15.9 Å². The maximum Gasteiger partial charge on any atom is 0.229 e. The highest BCUT2D eigenvalue weighted by Gasteiger charge is 2.31. The second-order valence-electron chi connectivity index (χ2n) is 9.53. The molecule has 0 saturated heterocycles. The number of sulfonamides is 1. The maximum absolute atomic E-state index is 13.2. The van der Waals surface area contributed by atoms with Crippen LogP contribution in [-0.2, 0) is 27.8 Å². The number of carbonyl (C=O) groups excluding carboxylic acids is 1. The minimum absolute atomic E-state index is 0.0253. The first kappa shape index (κ1) is 28.5. The fraction of sp³-hybridized carbons (Fsp3) is 0.480. The van der Waals surface area contributed by atoms with Gasteiger partial charge in [0, 0.05) is 36.8 Å². The van der Waals surface area contributed by atoms with E-state index in [4.69, 9.17) is 27.9 Å². The van der Waals surface area contributed by atoms with Gasteiger partial charge in [-0.25, -0.2) is 8.42 Å². The third kappa shape index (κ3) is 7.73. The summed E-state index contributed by atoms with van der Waals surface area (Å²) in [5.41, 5.74) is 1.94. The Morgan fingerprint density at radius 1 is 1.22 bits per heavy atom. The first-order valence-corrected chi connectivity index (χ1v) is 14.3. The molecular weight excluding hydrogens is 525 g/mol. The number of nitrogens with zero attached hydrogens (tertiary/aromatic N) is 2. The van der Waals surface area contributed by atoms with Crippen molar-refractivity contribution in [1.82, 2.24) is 9.80 Å². The van der Waals surface area contributed by atoms with E-state index in [2.05, 4.69) is 9.62 Å². The van der Waals surface area contributed by atoms with E-state index in [0.717, 1.165) is 11.8 Å². The predicted molar refractivity (Wildman–Crippen MR) is 143 cm³/mol. The van der Waals surface area contributed by atoms with Crippen LogP contribution >= 0.6 is 23.2 Å². The molecular formula is C25H33Cl2N3O5S. The summed E-state index contributed by atoms with van der Waals surface area (Å²) in [6.45, 7) is 5.24. The molecule has 0 bridgehead atoms. The van der Waals surface area contributed by atoms with Crippen LogP contribution in [0.4, 0.5) is 5.69 Å². The number of aliphatic hydroxyl groups is 1. The summed E-state index contributed by atoms with van der Waals surface area (Å²) < 4.78 is 32.4. The summed E-state index contributed by atoms with van der Waals surface area (Å²) in [6, 6.07) is 10.1. The Morgan fingerprint density at radius 3 is 2.58 bits per heavy atom. The molecule has 1 aliphatic heterocycles. The summed E-state index contributed by atoms with van der Waals surface area (Å²) in [5.74, 6) is 0.314. The van der Waals surface area contributed by atoms with Gasteiger partial charge in [-0.2, -0.15) is 0 Å². The van der Waals surface area contributed by atoms with E-state index < -0.39 is 10.0 Å². The third-order valence-corrected chi connectivity index (χ3v) is 7.49. The summed E-state index contributed by atoms with van der Waals surface area (Å²) in [5, 5.41) is 10.8. The van der Waals surface area contributed by atoms with Gasteiger partial charge in [-0.3, -0.25) is 14.4 Å². The number of ether oxygens (including phenoxy) is 1. The van der Waals surface area contributed by atoms with Crippen molar-refractivity contribution in [2.75, 3.05) is 37.7 Å². The fourth-order valence-electron chi connectivity index (χ4n) is 4.25. The van der Waals surface area contributed by atoms with Gasteiger partial charge in [-0.1, -0.05) is 36.2 Å². The molecule has 1 heterocycles. The van der Waals surface area contributed by atoms with Crippen LogP contribution in [0.5, 0.6) is 5.75 Å². The van der Waals surface area contributed by atoms with Gasteiger partial charge in [-0.05, 0) is 49.9 Å². The molecule has 2 aromatic rings. The molecule has 8 nitrogen and oxygen atoms in total. The van der Waals surface area contributed by atoms with Crippen molar-refractivity contribution in [3.63, 3.8) is 0 Å². The minimum Gasteiger partial charge on any atom is -0.488 e. The van der Waals surface area contributed by atoms with Crippen molar-refractivity contribution in [1.29, 1.82) is 0 Å². The first-order chi connectivity index (χ1) is 16.9. The number of hydrogen-bond donors (Lipinski definition) is 2. The van der Waals surface area contributed by atoms with Crippen molar-refractivity contribution in [2.45, 2.75) is 39.0 Å². The molecule has 3 rings (SSSR count). The summed E-state index contributed by atoms with van der Waals surface area (Å²) in [7, 11) is -1.51. The highest BCUT2D eigenvalue weighted by Crippen LogP contribution is 2.30. The van der Waals surface area contributed by atoms with Gasteiger partial charge >= 0.3 is 0 Å². The first-order valence-electron chi connectivity index (χ1n) is 11.7. The summed E-state index contributed by atoms with van der Waals surface area (Å²) >= 11 is 12.2. The van der Waals surface area contributed by atoms with Crippen LogP contribution < -0.4 is 9.46 Å². The lowest BCUT2D eigenvalue weighted by Crippen LogP contribution is -2.47. The molecule has 2 N–H and O–H groups in total. The van der Waals surface area contributed by atoms with Crippen LogP contribution in [0.15, 0.2) is 36.4 Å². The zero-order valence-electron chi connectivity index (χ0n) is 20.9. The normalized spacial score (nSPS) is 19.7. The molecule has 0 aliphatic carbocycles. The number of fused-ring (bicyclic) bond motifs is 1. The average Bonchev–Trinajstić information content (AvgIpc) is 2.83. The Labute approximate surface area is 223 Å². The van der Waals surface area contributed by atoms with E-state index in [1.807, 2.05) is 26.1 Å². The largest absolute Gasteiger partial charge is 0.488 e. The number of halogens is 2. The van der Waals surface area contributed by atoms with Crippen LogP contribution in [0, 0.1) is 5.92 Å². The molecule has 0 saturated carbocycles. The van der Waals surface area contributed by atoms with E-state index in [0.29, 0.717) is 46.7 Å². The molecule has 11 heteroatoms. The predicted octanol–water partition coefficient (Wildman–Crippen LogP) is 3.65. The molecule has 0 spiro atoms. The molecule has 0 aromatic heterocycles. The molecule has 1 aliphatic rings. The number of amides is 1. The smallest absolute Gasteiger partial charge is 0.229 e. The number of benzene rings is 2. The van der Waals surface area contributed by atoms with Crippen LogP contribution in [0.25, 0.3) is 0 Å². The van der Waals surface area contributed by atoms with Crippen molar-refractivity contribution < 1.29 is 23.1 Å². The SMILES string of the molecule is C[C@H](CO)N1C[C@H](C)[C@H](CN(C)Cc2ccc(Cl)c(Cl)c2)Oc2ccc(NS(C)(=O)=O)cc2CC1=O. The lowest BCUT2D eigenvalue weighted by molar-refractivity contribution is -0.134. The van der Waals surface area contributed by atoms with E-state index >= 15 is 0 Å². The molecule has 2 aromatic carbocycles. The topological polar surface area (TPSA) is 99.2 Å². The minimum atomic E-state index is -3.48. The van der Waals surface area contributed by atoms with Gasteiger partial charge in [-0.15, -0.1) is 0 Å². The van der Waals surface area contributed by atoms with Gasteiger partial charge in [0.05, 0.1) is 35.4 Å². The number of rotatable bonds is 8. The van der Waals surface area contributed by atoms with Gasteiger partial charge in [0.1, 0.15) is 11.9 Å². The Morgan fingerprint density at radius 2 is 1.94 bits per heavy atom.